The van der Waals surface area contributed by atoms with E-state index in [2.05, 4.69) is 20.6 Å². The third-order valence-corrected chi connectivity index (χ3v) is 3.04. The van der Waals surface area contributed by atoms with Crippen LogP contribution in [0.15, 0.2) is 39.6 Å². The Morgan fingerprint density at radius 1 is 1.14 bits per heavy atom. The molecule has 0 unspecified atom stereocenters. The zero-order chi connectivity index (χ0) is 15.7. The van der Waals surface area contributed by atoms with Gasteiger partial charge in [0.15, 0.2) is 5.82 Å². The molecule has 8 heteroatoms. The first-order valence-electron chi connectivity index (χ1n) is 6.86. The van der Waals surface area contributed by atoms with Gasteiger partial charge in [-0.05, 0) is 22.6 Å². The molecule has 8 nitrogen and oxygen atoms in total. The van der Waals surface area contributed by atoms with Crippen molar-refractivity contribution in [2.24, 2.45) is 0 Å². The van der Waals surface area contributed by atoms with Crippen LogP contribution in [0.1, 0.15) is 32.5 Å². The fourth-order valence-corrected chi connectivity index (χ4v) is 1.86. The predicted molar refractivity (Wildman–Crippen MR) is 77.7 cm³/mol. The van der Waals surface area contributed by atoms with E-state index in [4.69, 9.17) is 4.52 Å². The van der Waals surface area contributed by atoms with Crippen molar-refractivity contribution in [3.05, 3.63) is 52.5 Å². The van der Waals surface area contributed by atoms with Crippen molar-refractivity contribution in [1.29, 1.82) is 0 Å². The minimum atomic E-state index is -0.353. The summed E-state index contributed by atoms with van der Waals surface area (Å²) in [5.41, 5.74) is 0.0632. The van der Waals surface area contributed by atoms with Gasteiger partial charge in [-0.1, -0.05) is 44.1 Å². The number of tetrazole rings is 1. The highest BCUT2D eigenvalue weighted by Gasteiger charge is 2.22. The molecule has 0 fully saturated rings. The van der Waals surface area contributed by atoms with Crippen molar-refractivity contribution in [1.82, 2.24) is 29.9 Å². The summed E-state index contributed by atoms with van der Waals surface area (Å²) in [7, 11) is 0. The molecule has 0 bridgehead atoms. The van der Waals surface area contributed by atoms with Gasteiger partial charge in [-0.25, -0.2) is 4.79 Å². The van der Waals surface area contributed by atoms with Crippen LogP contribution in [0.5, 0.6) is 0 Å². The molecule has 0 N–H and O–H groups in total. The molecule has 114 valence electrons. The van der Waals surface area contributed by atoms with Crippen LogP contribution in [0.4, 0.5) is 0 Å². The van der Waals surface area contributed by atoms with Gasteiger partial charge in [0.05, 0.1) is 5.69 Å². The number of rotatable bonds is 3. The van der Waals surface area contributed by atoms with Gasteiger partial charge in [-0.15, -0.1) is 0 Å². The van der Waals surface area contributed by atoms with Gasteiger partial charge in [-0.3, -0.25) is 0 Å². The maximum Gasteiger partial charge on any atom is 0.368 e. The molecule has 0 saturated carbocycles. The minimum Gasteiger partial charge on any atom is -0.339 e. The third kappa shape index (κ3) is 2.67. The van der Waals surface area contributed by atoms with Gasteiger partial charge >= 0.3 is 5.69 Å². The standard InChI is InChI=1S/C14H16N6O2/c1-14(2,3)12-15-11(16-22-12)9-19-13(21)20(18-17-19)10-7-5-4-6-8-10/h4-8H,9H2,1-3H3. The Labute approximate surface area is 126 Å². The molecule has 22 heavy (non-hydrogen) atoms. The number of aromatic nitrogens is 6. The highest BCUT2D eigenvalue weighted by atomic mass is 16.5. The molecule has 1 aromatic carbocycles. The first kappa shape index (κ1) is 14.2. The lowest BCUT2D eigenvalue weighted by Gasteiger charge is -2.10. The quantitative estimate of drug-likeness (QED) is 0.720. The molecule has 0 radical (unpaired) electrons. The lowest BCUT2D eigenvalue weighted by molar-refractivity contribution is 0.317. The van der Waals surface area contributed by atoms with Crippen LogP contribution in [0, 0.1) is 0 Å². The first-order valence-corrected chi connectivity index (χ1v) is 6.86. The van der Waals surface area contributed by atoms with Crippen LogP contribution in [0.2, 0.25) is 0 Å². The van der Waals surface area contributed by atoms with Crippen LogP contribution < -0.4 is 5.69 Å². The van der Waals surface area contributed by atoms with E-state index >= 15 is 0 Å². The lowest BCUT2D eigenvalue weighted by atomic mass is 9.97. The van der Waals surface area contributed by atoms with E-state index < -0.39 is 0 Å². The summed E-state index contributed by atoms with van der Waals surface area (Å²) in [6, 6.07) is 9.09. The van der Waals surface area contributed by atoms with Crippen molar-refractivity contribution in [2.45, 2.75) is 32.7 Å². The molecule has 3 rings (SSSR count). The molecule has 0 aliphatic rings. The van der Waals surface area contributed by atoms with Crippen molar-refractivity contribution in [2.75, 3.05) is 0 Å². The zero-order valence-corrected chi connectivity index (χ0v) is 12.6. The summed E-state index contributed by atoms with van der Waals surface area (Å²) in [4.78, 5) is 16.6. The van der Waals surface area contributed by atoms with Crippen molar-refractivity contribution < 1.29 is 4.52 Å². The minimum absolute atomic E-state index is 0.116. The molecule has 0 atom stereocenters. The molecule has 0 amide bonds. The summed E-state index contributed by atoms with van der Waals surface area (Å²) in [5.74, 6) is 0.915. The van der Waals surface area contributed by atoms with Crippen LogP contribution in [0.3, 0.4) is 0 Å². The maximum absolute atomic E-state index is 12.3. The Balaban J connectivity index is 1.87. The summed E-state index contributed by atoms with van der Waals surface area (Å²) in [5, 5.41) is 11.6. The van der Waals surface area contributed by atoms with Gasteiger partial charge < -0.3 is 4.52 Å². The van der Waals surface area contributed by atoms with Gasteiger partial charge in [0.1, 0.15) is 6.54 Å². The van der Waals surface area contributed by atoms with E-state index in [1.54, 1.807) is 12.1 Å². The molecule has 0 saturated heterocycles. The fourth-order valence-electron chi connectivity index (χ4n) is 1.86. The number of nitrogens with zero attached hydrogens (tertiary/aromatic N) is 6. The highest BCUT2D eigenvalue weighted by molar-refractivity contribution is 5.28. The first-order chi connectivity index (χ1) is 10.4. The lowest BCUT2D eigenvalue weighted by Crippen LogP contribution is -2.25. The monoisotopic (exact) mass is 300 g/mol. The summed E-state index contributed by atoms with van der Waals surface area (Å²) >= 11 is 0. The Kier molecular flexibility index (Phi) is 3.36. The average Bonchev–Trinajstić information content (AvgIpc) is 3.08. The summed E-state index contributed by atoms with van der Waals surface area (Å²) in [6.45, 7) is 6.04. The van der Waals surface area contributed by atoms with Gasteiger partial charge in [0.2, 0.25) is 5.89 Å². The van der Waals surface area contributed by atoms with Crippen LogP contribution >= 0.6 is 0 Å². The maximum atomic E-state index is 12.3. The van der Waals surface area contributed by atoms with Crippen LogP contribution in [-0.2, 0) is 12.0 Å². The van der Waals surface area contributed by atoms with E-state index in [0.29, 0.717) is 17.4 Å². The predicted octanol–water partition coefficient (Wildman–Crippen LogP) is 1.16. The molecule has 0 aliphatic heterocycles. The number of hydrogen-bond donors (Lipinski definition) is 0. The Hall–Kier alpha value is -2.77. The van der Waals surface area contributed by atoms with Gasteiger partial charge in [0.25, 0.3) is 0 Å². The summed E-state index contributed by atoms with van der Waals surface area (Å²) < 4.78 is 7.63. The highest BCUT2D eigenvalue weighted by Crippen LogP contribution is 2.19. The normalized spacial score (nSPS) is 11.8. The Bertz CT molecular complexity index is 825. The second-order valence-corrected chi connectivity index (χ2v) is 5.93. The van der Waals surface area contributed by atoms with E-state index in [1.165, 1.54) is 9.36 Å². The van der Waals surface area contributed by atoms with E-state index in [9.17, 15) is 4.79 Å². The second kappa shape index (κ2) is 5.21. The molecular formula is C14H16N6O2. The molecule has 0 aliphatic carbocycles. The fraction of sp³-hybridized carbons (Fsp3) is 0.357. The Morgan fingerprint density at radius 3 is 2.50 bits per heavy atom. The molecule has 3 aromatic rings. The van der Waals surface area contributed by atoms with Gasteiger partial charge in [0, 0.05) is 5.41 Å². The number of hydrogen-bond acceptors (Lipinski definition) is 6. The smallest absolute Gasteiger partial charge is 0.339 e. The van der Waals surface area contributed by atoms with Crippen LogP contribution in [-0.4, -0.2) is 29.9 Å². The average molecular weight is 300 g/mol. The number of benzene rings is 1. The van der Waals surface area contributed by atoms with Gasteiger partial charge in [-0.2, -0.15) is 14.3 Å². The van der Waals surface area contributed by atoms with Crippen molar-refractivity contribution in [3.63, 3.8) is 0 Å². The SMILES string of the molecule is CC(C)(C)c1nc(Cn2nnn(-c3ccccc3)c2=O)no1. The van der Waals surface area contributed by atoms with E-state index in [0.717, 1.165) is 0 Å². The molecule has 2 heterocycles. The third-order valence-electron chi connectivity index (χ3n) is 3.04. The molecule has 0 spiro atoms. The second-order valence-electron chi connectivity index (χ2n) is 5.93. The molecular weight excluding hydrogens is 284 g/mol. The van der Waals surface area contributed by atoms with Crippen LogP contribution in [0.25, 0.3) is 5.69 Å². The van der Waals surface area contributed by atoms with Crippen molar-refractivity contribution >= 4 is 0 Å². The van der Waals surface area contributed by atoms with Crippen molar-refractivity contribution in [3.8, 4) is 5.69 Å². The summed E-state index contributed by atoms with van der Waals surface area (Å²) in [6.07, 6.45) is 0. The Morgan fingerprint density at radius 2 is 1.86 bits per heavy atom. The largest absolute Gasteiger partial charge is 0.368 e. The number of para-hydroxylation sites is 1. The van der Waals surface area contributed by atoms with E-state index in [1.807, 2.05) is 39.0 Å². The molecule has 2 aromatic heterocycles. The topological polar surface area (TPSA) is 91.6 Å². The zero-order valence-electron chi connectivity index (χ0n) is 12.6. The van der Waals surface area contributed by atoms with E-state index in [-0.39, 0.29) is 17.6 Å².